The second-order valence-electron chi connectivity index (χ2n) is 7.58. The first-order valence-corrected chi connectivity index (χ1v) is 11.3. The predicted molar refractivity (Wildman–Crippen MR) is 106 cm³/mol. The van der Waals surface area contributed by atoms with Crippen LogP contribution in [0.2, 0.25) is 0 Å². The standard InChI is InChI=1S/C20H29N3O3S/c1-16-10-12-19(13-11-16)27(25,26)23-14-6-7-17(15-23)20(24)22-21-18-8-4-2-3-5-9-18/h10-13,17H,2-9,14-15H2,1H3,(H,22,24)/t17-/m1/s1. The quantitative estimate of drug-likeness (QED) is 0.632. The first-order chi connectivity index (χ1) is 13.0. The molecule has 2 fully saturated rings. The molecule has 1 N–H and O–H groups in total. The lowest BCUT2D eigenvalue weighted by Gasteiger charge is -2.30. The number of hydrogen-bond acceptors (Lipinski definition) is 4. The molecule has 27 heavy (non-hydrogen) atoms. The van der Waals surface area contributed by atoms with Gasteiger partial charge < -0.3 is 0 Å². The monoisotopic (exact) mass is 391 g/mol. The van der Waals surface area contributed by atoms with Crippen molar-refractivity contribution < 1.29 is 13.2 Å². The average molecular weight is 392 g/mol. The Balaban J connectivity index is 1.63. The maximum atomic E-state index is 12.9. The summed E-state index contributed by atoms with van der Waals surface area (Å²) in [6.45, 7) is 2.59. The Bertz CT molecular complexity index is 777. The van der Waals surface area contributed by atoms with E-state index in [0.29, 0.717) is 19.4 Å². The number of sulfonamides is 1. The lowest BCUT2D eigenvalue weighted by molar-refractivity contribution is -0.126. The van der Waals surface area contributed by atoms with Gasteiger partial charge in [-0.2, -0.15) is 9.41 Å². The molecular weight excluding hydrogens is 362 g/mol. The van der Waals surface area contributed by atoms with Crippen LogP contribution >= 0.6 is 0 Å². The molecule has 148 valence electrons. The van der Waals surface area contributed by atoms with Crippen LogP contribution in [0.3, 0.4) is 0 Å². The van der Waals surface area contributed by atoms with E-state index in [-0.39, 0.29) is 23.3 Å². The Morgan fingerprint density at radius 3 is 2.41 bits per heavy atom. The number of benzene rings is 1. The van der Waals surface area contributed by atoms with E-state index in [9.17, 15) is 13.2 Å². The lowest BCUT2D eigenvalue weighted by atomic mass is 9.99. The molecule has 1 saturated heterocycles. The average Bonchev–Trinajstić information content (AvgIpc) is 2.95. The zero-order valence-corrected chi connectivity index (χ0v) is 16.8. The van der Waals surface area contributed by atoms with Crippen LogP contribution in [0.15, 0.2) is 34.3 Å². The smallest absolute Gasteiger partial charge is 0.244 e. The van der Waals surface area contributed by atoms with Crippen LogP contribution in [0, 0.1) is 12.8 Å². The molecule has 0 unspecified atom stereocenters. The highest BCUT2D eigenvalue weighted by atomic mass is 32.2. The van der Waals surface area contributed by atoms with Gasteiger partial charge in [0.05, 0.1) is 10.8 Å². The summed E-state index contributed by atoms with van der Waals surface area (Å²) in [5.41, 5.74) is 4.77. The SMILES string of the molecule is Cc1ccc(S(=O)(=O)N2CCC[C@@H](C(=O)NN=C3CCCCCC3)C2)cc1. The number of hydrazone groups is 1. The van der Waals surface area contributed by atoms with Gasteiger partial charge in [0.1, 0.15) is 0 Å². The third-order valence-electron chi connectivity index (χ3n) is 5.42. The Hall–Kier alpha value is -1.73. The molecule has 0 bridgehead atoms. The summed E-state index contributed by atoms with van der Waals surface area (Å²) in [6.07, 6.45) is 7.96. The Kier molecular flexibility index (Phi) is 6.65. The van der Waals surface area contributed by atoms with Crippen molar-refractivity contribution in [2.75, 3.05) is 13.1 Å². The van der Waals surface area contributed by atoms with Gasteiger partial charge in [0.25, 0.3) is 0 Å². The lowest BCUT2D eigenvalue weighted by Crippen LogP contribution is -2.44. The predicted octanol–water partition coefficient (Wildman–Crippen LogP) is 3.22. The second kappa shape index (κ2) is 8.97. The zero-order valence-electron chi connectivity index (χ0n) is 16.0. The van der Waals surface area contributed by atoms with Crippen molar-refractivity contribution in [1.29, 1.82) is 0 Å². The summed E-state index contributed by atoms with van der Waals surface area (Å²) in [4.78, 5) is 12.8. The largest absolute Gasteiger partial charge is 0.273 e. The molecule has 1 aromatic rings. The fourth-order valence-electron chi connectivity index (χ4n) is 3.71. The molecule has 1 aliphatic carbocycles. The van der Waals surface area contributed by atoms with E-state index in [2.05, 4.69) is 10.5 Å². The molecule has 6 nitrogen and oxygen atoms in total. The number of rotatable bonds is 4. The van der Waals surface area contributed by atoms with E-state index in [0.717, 1.165) is 37.0 Å². The number of nitrogens with one attached hydrogen (secondary N) is 1. The highest BCUT2D eigenvalue weighted by Gasteiger charge is 2.33. The third-order valence-corrected chi connectivity index (χ3v) is 7.30. The number of piperidine rings is 1. The molecular formula is C20H29N3O3S. The van der Waals surface area contributed by atoms with Crippen molar-refractivity contribution in [3.8, 4) is 0 Å². The van der Waals surface area contributed by atoms with Crippen LogP contribution in [-0.2, 0) is 14.8 Å². The number of carbonyl (C=O) groups is 1. The molecule has 0 radical (unpaired) electrons. The molecule has 1 heterocycles. The van der Waals surface area contributed by atoms with Gasteiger partial charge in [-0.3, -0.25) is 4.79 Å². The Labute approximate surface area is 162 Å². The molecule has 1 aromatic carbocycles. The molecule has 3 rings (SSSR count). The Morgan fingerprint density at radius 2 is 1.74 bits per heavy atom. The van der Waals surface area contributed by atoms with Crippen LogP contribution in [0.25, 0.3) is 0 Å². The minimum Gasteiger partial charge on any atom is -0.273 e. The highest BCUT2D eigenvalue weighted by Crippen LogP contribution is 2.24. The van der Waals surface area contributed by atoms with Gasteiger partial charge in [0, 0.05) is 18.8 Å². The normalized spacial score (nSPS) is 22.1. The zero-order chi connectivity index (χ0) is 19.3. The molecule has 1 saturated carbocycles. The van der Waals surface area contributed by atoms with E-state index in [4.69, 9.17) is 0 Å². The van der Waals surface area contributed by atoms with E-state index in [1.54, 1.807) is 24.3 Å². The molecule has 0 spiro atoms. The van der Waals surface area contributed by atoms with Gasteiger partial charge >= 0.3 is 0 Å². The third kappa shape index (κ3) is 5.17. The first-order valence-electron chi connectivity index (χ1n) is 9.89. The molecule has 1 amide bonds. The van der Waals surface area contributed by atoms with Gasteiger partial charge in [-0.15, -0.1) is 0 Å². The van der Waals surface area contributed by atoms with Crippen LogP contribution in [0.1, 0.15) is 56.9 Å². The highest BCUT2D eigenvalue weighted by molar-refractivity contribution is 7.89. The van der Waals surface area contributed by atoms with Crippen molar-refractivity contribution in [2.24, 2.45) is 11.0 Å². The molecule has 1 atom stereocenters. The molecule has 1 aliphatic heterocycles. The molecule has 0 aromatic heterocycles. The van der Waals surface area contributed by atoms with Crippen LogP contribution < -0.4 is 5.43 Å². The summed E-state index contributed by atoms with van der Waals surface area (Å²) >= 11 is 0. The number of nitrogens with zero attached hydrogens (tertiary/aromatic N) is 2. The maximum absolute atomic E-state index is 12.9. The van der Waals surface area contributed by atoms with Crippen LogP contribution in [0.4, 0.5) is 0 Å². The van der Waals surface area contributed by atoms with Crippen molar-refractivity contribution >= 4 is 21.6 Å². The number of hydrogen-bond donors (Lipinski definition) is 1. The second-order valence-corrected chi connectivity index (χ2v) is 9.52. The van der Waals surface area contributed by atoms with Crippen molar-refractivity contribution in [1.82, 2.24) is 9.73 Å². The van der Waals surface area contributed by atoms with Crippen molar-refractivity contribution in [3.05, 3.63) is 29.8 Å². The molecule has 7 heteroatoms. The minimum atomic E-state index is -3.57. The van der Waals surface area contributed by atoms with Crippen molar-refractivity contribution in [3.63, 3.8) is 0 Å². The fourth-order valence-corrected chi connectivity index (χ4v) is 5.23. The summed E-state index contributed by atoms with van der Waals surface area (Å²) in [5, 5.41) is 4.32. The topological polar surface area (TPSA) is 78.8 Å². The van der Waals surface area contributed by atoms with Gasteiger partial charge in [0.2, 0.25) is 15.9 Å². The van der Waals surface area contributed by atoms with E-state index in [1.165, 1.54) is 17.1 Å². The Morgan fingerprint density at radius 1 is 1.07 bits per heavy atom. The number of amides is 1. The van der Waals surface area contributed by atoms with Crippen LogP contribution in [0.5, 0.6) is 0 Å². The summed E-state index contributed by atoms with van der Waals surface area (Å²) in [5.74, 6) is -0.523. The van der Waals surface area contributed by atoms with E-state index in [1.807, 2.05) is 6.92 Å². The van der Waals surface area contributed by atoms with Crippen LogP contribution in [-0.4, -0.2) is 37.4 Å². The number of aryl methyl sites for hydroxylation is 1. The van der Waals surface area contributed by atoms with Gasteiger partial charge in [-0.1, -0.05) is 30.5 Å². The van der Waals surface area contributed by atoms with Gasteiger partial charge in [-0.25, -0.2) is 13.8 Å². The van der Waals surface area contributed by atoms with Gasteiger partial charge in [0.15, 0.2) is 0 Å². The maximum Gasteiger partial charge on any atom is 0.244 e. The van der Waals surface area contributed by atoms with E-state index >= 15 is 0 Å². The van der Waals surface area contributed by atoms with Gasteiger partial charge in [-0.05, 0) is 57.6 Å². The summed E-state index contributed by atoms with van der Waals surface area (Å²) in [6, 6.07) is 6.85. The van der Waals surface area contributed by atoms with Crippen molar-refractivity contribution in [2.45, 2.75) is 63.2 Å². The summed E-state index contributed by atoms with van der Waals surface area (Å²) < 4.78 is 27.2. The molecule has 2 aliphatic rings. The fraction of sp³-hybridized carbons (Fsp3) is 0.600. The first kappa shape index (κ1) is 20.0. The number of carbonyl (C=O) groups excluding carboxylic acids is 1. The summed E-state index contributed by atoms with van der Waals surface area (Å²) in [7, 11) is -3.57. The minimum absolute atomic E-state index is 0.171. The van der Waals surface area contributed by atoms with E-state index < -0.39 is 10.0 Å².